The molecule has 1 fully saturated rings. The minimum absolute atomic E-state index is 0.0664. The lowest BCUT2D eigenvalue weighted by atomic mass is 10.2. The monoisotopic (exact) mass is 361 g/mol. The third kappa shape index (κ3) is 4.78. The molecule has 134 valence electrons. The van der Waals surface area contributed by atoms with Crippen LogP contribution in [0.25, 0.3) is 10.6 Å². The molecule has 7 heteroatoms. The van der Waals surface area contributed by atoms with E-state index in [4.69, 9.17) is 9.47 Å². The molecule has 0 bridgehead atoms. The van der Waals surface area contributed by atoms with Gasteiger partial charge in [0.25, 0.3) is 5.91 Å². The number of aromatic nitrogens is 1. The van der Waals surface area contributed by atoms with Crippen molar-refractivity contribution in [2.45, 2.75) is 13.0 Å². The maximum absolute atomic E-state index is 12.4. The third-order valence-corrected chi connectivity index (χ3v) is 4.98. The zero-order valence-electron chi connectivity index (χ0n) is 14.5. The molecule has 6 nitrogen and oxygen atoms in total. The average Bonchev–Trinajstić information content (AvgIpc) is 3.13. The molecule has 2 aromatic rings. The van der Waals surface area contributed by atoms with Gasteiger partial charge in [0, 0.05) is 36.6 Å². The Labute approximate surface area is 151 Å². The van der Waals surface area contributed by atoms with E-state index < -0.39 is 0 Å². The van der Waals surface area contributed by atoms with E-state index in [2.05, 4.69) is 15.2 Å². The fourth-order valence-electron chi connectivity index (χ4n) is 2.76. The van der Waals surface area contributed by atoms with Crippen LogP contribution in [0.2, 0.25) is 0 Å². The van der Waals surface area contributed by atoms with E-state index in [-0.39, 0.29) is 11.9 Å². The number of ether oxygens (including phenoxy) is 2. The van der Waals surface area contributed by atoms with Gasteiger partial charge in [-0.05, 0) is 31.2 Å². The van der Waals surface area contributed by atoms with E-state index in [1.807, 2.05) is 31.2 Å². The largest absolute Gasteiger partial charge is 0.497 e. The van der Waals surface area contributed by atoms with Crippen molar-refractivity contribution < 1.29 is 14.3 Å². The molecule has 1 saturated heterocycles. The van der Waals surface area contributed by atoms with Gasteiger partial charge in [-0.2, -0.15) is 0 Å². The highest BCUT2D eigenvalue weighted by Crippen LogP contribution is 2.25. The number of methoxy groups -OCH3 is 1. The second-order valence-electron chi connectivity index (χ2n) is 6.05. The fraction of sp³-hybridized carbons (Fsp3) is 0.444. The zero-order chi connectivity index (χ0) is 17.6. The molecule has 1 aliphatic heterocycles. The van der Waals surface area contributed by atoms with E-state index in [9.17, 15) is 4.79 Å². The molecule has 1 amide bonds. The van der Waals surface area contributed by atoms with Crippen LogP contribution in [0.1, 0.15) is 17.4 Å². The van der Waals surface area contributed by atoms with Gasteiger partial charge >= 0.3 is 0 Å². The van der Waals surface area contributed by atoms with Crippen LogP contribution < -0.4 is 10.1 Å². The molecule has 0 aliphatic carbocycles. The number of amides is 1. The van der Waals surface area contributed by atoms with Gasteiger partial charge in [-0.1, -0.05) is 0 Å². The molecule has 0 spiro atoms. The van der Waals surface area contributed by atoms with Crippen molar-refractivity contribution in [3.05, 3.63) is 35.3 Å². The van der Waals surface area contributed by atoms with Gasteiger partial charge in [0.15, 0.2) is 0 Å². The molecule has 2 heterocycles. The summed E-state index contributed by atoms with van der Waals surface area (Å²) < 4.78 is 10.5. The van der Waals surface area contributed by atoms with Gasteiger partial charge < -0.3 is 14.8 Å². The lowest BCUT2D eigenvalue weighted by Gasteiger charge is -2.29. The first kappa shape index (κ1) is 17.8. The van der Waals surface area contributed by atoms with Crippen molar-refractivity contribution >= 4 is 17.2 Å². The lowest BCUT2D eigenvalue weighted by Crippen LogP contribution is -2.46. The molecule has 0 unspecified atom stereocenters. The Hall–Kier alpha value is -1.96. The number of carbonyl (C=O) groups excluding carboxylic acids is 1. The normalized spacial score (nSPS) is 16.4. The van der Waals surface area contributed by atoms with Crippen molar-refractivity contribution in [3.8, 4) is 16.3 Å². The van der Waals surface area contributed by atoms with Gasteiger partial charge in [-0.15, -0.1) is 11.3 Å². The van der Waals surface area contributed by atoms with E-state index in [1.165, 1.54) is 11.3 Å². The van der Waals surface area contributed by atoms with Gasteiger partial charge in [-0.3, -0.25) is 9.69 Å². The van der Waals surface area contributed by atoms with Crippen molar-refractivity contribution in [1.82, 2.24) is 15.2 Å². The summed E-state index contributed by atoms with van der Waals surface area (Å²) in [7, 11) is 1.64. The standard InChI is InChI=1S/C18H23N3O3S/c1-13(11-21-7-9-24-10-8-21)19-17(22)16-12-25-18(20-16)14-3-5-15(23-2)6-4-14/h3-6,12-13H,7-11H2,1-2H3,(H,19,22)/t13-/m0/s1. The first-order valence-corrected chi connectivity index (χ1v) is 9.24. The highest BCUT2D eigenvalue weighted by molar-refractivity contribution is 7.13. The topological polar surface area (TPSA) is 63.7 Å². The van der Waals surface area contributed by atoms with E-state index in [0.717, 1.165) is 49.2 Å². The summed E-state index contributed by atoms with van der Waals surface area (Å²) in [6.45, 7) is 6.20. The lowest BCUT2D eigenvalue weighted by molar-refractivity contribution is 0.0342. The minimum atomic E-state index is -0.128. The third-order valence-electron chi connectivity index (χ3n) is 4.09. The Balaban J connectivity index is 1.57. The molecule has 3 rings (SSSR count). The number of hydrogen-bond acceptors (Lipinski definition) is 6. The quantitative estimate of drug-likeness (QED) is 0.855. The number of carbonyl (C=O) groups is 1. The predicted molar refractivity (Wildman–Crippen MR) is 98.3 cm³/mol. The van der Waals surface area contributed by atoms with Crippen molar-refractivity contribution in [2.24, 2.45) is 0 Å². The second-order valence-corrected chi connectivity index (χ2v) is 6.91. The van der Waals surface area contributed by atoms with Crippen LogP contribution in [0, 0.1) is 0 Å². The summed E-state index contributed by atoms with van der Waals surface area (Å²) in [6.07, 6.45) is 0. The SMILES string of the molecule is COc1ccc(-c2nc(C(=O)N[C@@H](C)CN3CCOCC3)cs2)cc1. The van der Waals surface area contributed by atoms with Gasteiger partial charge in [-0.25, -0.2) is 4.98 Å². The van der Waals surface area contributed by atoms with Crippen LogP contribution in [0.3, 0.4) is 0 Å². The van der Waals surface area contributed by atoms with Crippen LogP contribution in [-0.4, -0.2) is 61.8 Å². The smallest absolute Gasteiger partial charge is 0.271 e. The number of benzene rings is 1. The maximum Gasteiger partial charge on any atom is 0.271 e. The Morgan fingerprint density at radius 3 is 2.76 bits per heavy atom. The Bertz CT molecular complexity index is 696. The Morgan fingerprint density at radius 1 is 1.36 bits per heavy atom. The molecule has 25 heavy (non-hydrogen) atoms. The highest BCUT2D eigenvalue weighted by atomic mass is 32.1. The number of morpholine rings is 1. The van der Waals surface area contributed by atoms with Gasteiger partial charge in [0.1, 0.15) is 16.5 Å². The highest BCUT2D eigenvalue weighted by Gasteiger charge is 2.17. The van der Waals surface area contributed by atoms with Crippen LogP contribution >= 0.6 is 11.3 Å². The first-order chi connectivity index (χ1) is 12.2. The molecule has 1 aromatic carbocycles. The molecular formula is C18H23N3O3S. The van der Waals surface area contributed by atoms with Crippen LogP contribution in [0.4, 0.5) is 0 Å². The molecule has 1 aromatic heterocycles. The Kier molecular flexibility index (Phi) is 6.01. The van der Waals surface area contributed by atoms with Crippen molar-refractivity contribution in [2.75, 3.05) is 40.0 Å². The number of hydrogen-bond donors (Lipinski definition) is 1. The number of nitrogens with zero attached hydrogens (tertiary/aromatic N) is 2. The number of nitrogens with one attached hydrogen (secondary N) is 1. The van der Waals surface area contributed by atoms with Crippen LogP contribution in [-0.2, 0) is 4.74 Å². The molecule has 1 atom stereocenters. The minimum Gasteiger partial charge on any atom is -0.497 e. The van der Waals surface area contributed by atoms with Crippen LogP contribution in [0.15, 0.2) is 29.6 Å². The second kappa shape index (κ2) is 8.42. The van der Waals surface area contributed by atoms with E-state index in [1.54, 1.807) is 12.5 Å². The summed E-state index contributed by atoms with van der Waals surface area (Å²) in [4.78, 5) is 19.2. The predicted octanol–water partition coefficient (Wildman–Crippen LogP) is 2.27. The molecule has 1 N–H and O–H groups in total. The molecule has 0 radical (unpaired) electrons. The molecule has 1 aliphatic rings. The van der Waals surface area contributed by atoms with E-state index >= 15 is 0 Å². The first-order valence-electron chi connectivity index (χ1n) is 8.36. The summed E-state index contributed by atoms with van der Waals surface area (Å²) >= 11 is 1.47. The van der Waals surface area contributed by atoms with E-state index in [0.29, 0.717) is 5.69 Å². The van der Waals surface area contributed by atoms with Crippen LogP contribution in [0.5, 0.6) is 5.75 Å². The average molecular weight is 361 g/mol. The van der Waals surface area contributed by atoms with Gasteiger partial charge in [0.05, 0.1) is 20.3 Å². The molecular weight excluding hydrogens is 338 g/mol. The zero-order valence-corrected chi connectivity index (χ0v) is 15.3. The van der Waals surface area contributed by atoms with Crippen molar-refractivity contribution in [1.29, 1.82) is 0 Å². The number of rotatable bonds is 6. The summed E-state index contributed by atoms with van der Waals surface area (Å²) in [5.41, 5.74) is 1.44. The maximum atomic E-state index is 12.4. The summed E-state index contributed by atoms with van der Waals surface area (Å²) in [5.74, 6) is 0.673. The Morgan fingerprint density at radius 2 is 2.08 bits per heavy atom. The van der Waals surface area contributed by atoms with Crippen molar-refractivity contribution in [3.63, 3.8) is 0 Å². The summed E-state index contributed by atoms with van der Waals surface area (Å²) in [5, 5.41) is 5.66. The number of thiazole rings is 1. The fourth-order valence-corrected chi connectivity index (χ4v) is 3.56. The molecule has 0 saturated carbocycles. The summed E-state index contributed by atoms with van der Waals surface area (Å²) in [6, 6.07) is 7.74. The van der Waals surface area contributed by atoms with Gasteiger partial charge in [0.2, 0.25) is 0 Å².